The van der Waals surface area contributed by atoms with E-state index in [4.69, 9.17) is 0 Å². The Hall–Kier alpha value is -1.30. The molecule has 1 amide bonds. The van der Waals surface area contributed by atoms with E-state index in [9.17, 15) is 4.79 Å². The van der Waals surface area contributed by atoms with Crippen molar-refractivity contribution in [2.24, 2.45) is 16.8 Å². The molecule has 6 nitrogen and oxygen atoms in total. The Morgan fingerprint density at radius 1 is 1.19 bits per heavy atom. The summed E-state index contributed by atoms with van der Waals surface area (Å²) in [5.74, 6) is 2.07. The van der Waals surface area contributed by atoms with Crippen LogP contribution >= 0.6 is 0 Å². The maximum absolute atomic E-state index is 12.0. The summed E-state index contributed by atoms with van der Waals surface area (Å²) in [6.07, 6.45) is 2.56. The minimum Gasteiger partial charge on any atom is -0.357 e. The molecule has 1 atom stereocenters. The standard InChI is InChI=1S/C20H41N5O/c1-8-21-19(23-14-18(26)24-20(5,6)7)22-13-17(15(2)3)25-11-9-16(4)10-12-25/h15-17H,8-14H2,1-7H3,(H,24,26)(H2,21,22,23). The Morgan fingerprint density at radius 2 is 1.81 bits per heavy atom. The summed E-state index contributed by atoms with van der Waals surface area (Å²) in [7, 11) is 0. The van der Waals surface area contributed by atoms with E-state index in [0.29, 0.717) is 17.9 Å². The second-order valence-corrected chi connectivity index (χ2v) is 8.90. The van der Waals surface area contributed by atoms with Crippen molar-refractivity contribution in [3.8, 4) is 0 Å². The molecule has 1 saturated heterocycles. The number of nitrogens with zero attached hydrogens (tertiary/aromatic N) is 2. The van der Waals surface area contributed by atoms with E-state index in [1.807, 2.05) is 27.7 Å². The second kappa shape index (κ2) is 10.8. The molecule has 1 unspecified atom stereocenters. The van der Waals surface area contributed by atoms with Crippen LogP contribution in [0.5, 0.6) is 0 Å². The number of rotatable bonds is 7. The van der Waals surface area contributed by atoms with Gasteiger partial charge in [0.1, 0.15) is 6.54 Å². The van der Waals surface area contributed by atoms with Gasteiger partial charge in [-0.15, -0.1) is 0 Å². The van der Waals surface area contributed by atoms with E-state index in [1.165, 1.54) is 25.9 Å². The number of carbonyl (C=O) groups excluding carboxylic acids is 1. The Morgan fingerprint density at radius 3 is 2.31 bits per heavy atom. The van der Waals surface area contributed by atoms with Crippen LogP contribution in [0.4, 0.5) is 0 Å². The molecule has 1 fully saturated rings. The number of aliphatic imine (C=N–C) groups is 1. The number of amides is 1. The number of nitrogens with one attached hydrogen (secondary N) is 3. The quantitative estimate of drug-likeness (QED) is 0.477. The van der Waals surface area contributed by atoms with Gasteiger partial charge in [0.25, 0.3) is 0 Å². The van der Waals surface area contributed by atoms with E-state index in [0.717, 1.165) is 19.0 Å². The highest BCUT2D eigenvalue weighted by molar-refractivity contribution is 5.85. The number of likely N-dealkylation sites (tertiary alicyclic amines) is 1. The van der Waals surface area contributed by atoms with Crippen molar-refractivity contribution in [1.82, 2.24) is 20.9 Å². The van der Waals surface area contributed by atoms with Crippen LogP contribution in [0.3, 0.4) is 0 Å². The Balaban J connectivity index is 2.61. The summed E-state index contributed by atoms with van der Waals surface area (Å²) in [6.45, 7) is 19.0. The predicted molar refractivity (Wildman–Crippen MR) is 110 cm³/mol. The van der Waals surface area contributed by atoms with E-state index in [2.05, 4.69) is 46.6 Å². The van der Waals surface area contributed by atoms with Crippen LogP contribution in [0.25, 0.3) is 0 Å². The smallest absolute Gasteiger partial charge is 0.242 e. The summed E-state index contributed by atoms with van der Waals surface area (Å²) in [5, 5.41) is 9.64. The molecule has 0 saturated carbocycles. The van der Waals surface area contributed by atoms with E-state index in [1.54, 1.807) is 0 Å². The largest absolute Gasteiger partial charge is 0.357 e. The van der Waals surface area contributed by atoms with Crippen LogP contribution in [-0.4, -0.2) is 61.1 Å². The van der Waals surface area contributed by atoms with Crippen molar-refractivity contribution in [2.45, 2.75) is 72.9 Å². The number of hydrogen-bond donors (Lipinski definition) is 3. The first-order valence-electron chi connectivity index (χ1n) is 10.2. The molecule has 0 aromatic carbocycles. The molecule has 3 N–H and O–H groups in total. The van der Waals surface area contributed by atoms with Crippen molar-refractivity contribution >= 4 is 11.9 Å². The summed E-state index contributed by atoms with van der Waals surface area (Å²) >= 11 is 0. The molecular weight excluding hydrogens is 326 g/mol. The third-order valence-corrected chi connectivity index (χ3v) is 4.77. The van der Waals surface area contributed by atoms with Gasteiger partial charge in [-0.1, -0.05) is 20.8 Å². The molecule has 0 aromatic rings. The van der Waals surface area contributed by atoms with Crippen molar-refractivity contribution in [3.63, 3.8) is 0 Å². The molecule has 1 aliphatic rings. The zero-order valence-electron chi connectivity index (χ0n) is 18.0. The van der Waals surface area contributed by atoms with Crippen molar-refractivity contribution in [2.75, 3.05) is 32.7 Å². The van der Waals surface area contributed by atoms with Crippen molar-refractivity contribution < 1.29 is 4.79 Å². The molecule has 0 radical (unpaired) electrons. The second-order valence-electron chi connectivity index (χ2n) is 8.90. The van der Waals surface area contributed by atoms with Gasteiger partial charge in [0, 0.05) is 24.7 Å². The van der Waals surface area contributed by atoms with Gasteiger partial charge in [-0.05, 0) is 65.5 Å². The van der Waals surface area contributed by atoms with Gasteiger partial charge in [-0.3, -0.25) is 9.69 Å². The average molecular weight is 368 g/mol. The van der Waals surface area contributed by atoms with E-state index in [-0.39, 0.29) is 18.0 Å². The number of piperidine rings is 1. The molecule has 152 valence electrons. The van der Waals surface area contributed by atoms with Crippen LogP contribution in [0, 0.1) is 11.8 Å². The van der Waals surface area contributed by atoms with Crippen LogP contribution < -0.4 is 16.0 Å². The normalized spacial score (nSPS) is 18.7. The van der Waals surface area contributed by atoms with Crippen molar-refractivity contribution in [3.05, 3.63) is 0 Å². The fourth-order valence-electron chi connectivity index (χ4n) is 3.30. The summed E-state index contributed by atoms with van der Waals surface area (Å²) in [4.78, 5) is 19.1. The molecule has 6 heteroatoms. The average Bonchev–Trinajstić information content (AvgIpc) is 2.52. The molecule has 0 aromatic heterocycles. The van der Waals surface area contributed by atoms with Gasteiger partial charge < -0.3 is 16.0 Å². The fraction of sp³-hybridized carbons (Fsp3) is 0.900. The molecule has 1 aliphatic heterocycles. The topological polar surface area (TPSA) is 68.8 Å². The molecule has 0 aliphatic carbocycles. The van der Waals surface area contributed by atoms with Crippen molar-refractivity contribution in [1.29, 1.82) is 0 Å². The van der Waals surface area contributed by atoms with Gasteiger partial charge in [-0.25, -0.2) is 4.99 Å². The molecule has 1 heterocycles. The van der Waals surface area contributed by atoms with Gasteiger partial charge >= 0.3 is 0 Å². The minimum atomic E-state index is -0.230. The zero-order chi connectivity index (χ0) is 19.7. The first-order chi connectivity index (χ1) is 12.1. The van der Waals surface area contributed by atoms with Crippen LogP contribution in [0.1, 0.15) is 61.3 Å². The zero-order valence-corrected chi connectivity index (χ0v) is 18.0. The third kappa shape index (κ3) is 8.88. The summed E-state index contributed by atoms with van der Waals surface area (Å²) in [5.41, 5.74) is -0.230. The third-order valence-electron chi connectivity index (χ3n) is 4.77. The molecule has 0 spiro atoms. The summed E-state index contributed by atoms with van der Waals surface area (Å²) in [6, 6.07) is 0.481. The van der Waals surface area contributed by atoms with Crippen LogP contribution in [0.2, 0.25) is 0 Å². The lowest BCUT2D eigenvalue weighted by molar-refractivity contribution is -0.121. The Bertz CT molecular complexity index is 448. The summed E-state index contributed by atoms with van der Waals surface area (Å²) < 4.78 is 0. The van der Waals surface area contributed by atoms with Gasteiger partial charge in [0.05, 0.1) is 0 Å². The Labute approximate surface area is 160 Å². The maximum atomic E-state index is 12.0. The molecule has 0 bridgehead atoms. The fourth-order valence-corrected chi connectivity index (χ4v) is 3.30. The van der Waals surface area contributed by atoms with Gasteiger partial charge in [0.15, 0.2) is 5.96 Å². The first-order valence-corrected chi connectivity index (χ1v) is 10.2. The number of carbonyl (C=O) groups is 1. The highest BCUT2D eigenvalue weighted by atomic mass is 16.2. The monoisotopic (exact) mass is 367 g/mol. The lowest BCUT2D eigenvalue weighted by Gasteiger charge is -2.39. The van der Waals surface area contributed by atoms with Crippen LogP contribution in [0.15, 0.2) is 4.99 Å². The van der Waals surface area contributed by atoms with Gasteiger partial charge in [-0.2, -0.15) is 0 Å². The highest BCUT2D eigenvalue weighted by Gasteiger charge is 2.25. The lowest BCUT2D eigenvalue weighted by Crippen LogP contribution is -2.51. The van der Waals surface area contributed by atoms with Gasteiger partial charge in [0.2, 0.25) is 5.91 Å². The SMILES string of the molecule is CCNC(=NCC(=O)NC(C)(C)C)NCC(C(C)C)N1CCC(C)CC1. The lowest BCUT2D eigenvalue weighted by atomic mass is 9.94. The first kappa shape index (κ1) is 22.7. The van der Waals surface area contributed by atoms with E-state index >= 15 is 0 Å². The predicted octanol–water partition coefficient (Wildman–Crippen LogP) is 2.21. The highest BCUT2D eigenvalue weighted by Crippen LogP contribution is 2.21. The van der Waals surface area contributed by atoms with E-state index < -0.39 is 0 Å². The molecule has 26 heavy (non-hydrogen) atoms. The van der Waals surface area contributed by atoms with Crippen LogP contribution in [-0.2, 0) is 4.79 Å². The number of hydrogen-bond acceptors (Lipinski definition) is 3. The number of guanidine groups is 1. The maximum Gasteiger partial charge on any atom is 0.242 e. The molecule has 1 rings (SSSR count). The Kier molecular flexibility index (Phi) is 9.41. The molecular formula is C20H41N5O. The minimum absolute atomic E-state index is 0.0554.